The Morgan fingerprint density at radius 2 is 2.25 bits per heavy atom. The highest BCUT2D eigenvalue weighted by atomic mass is 16.1. The molecule has 62 valence electrons. The third-order valence-electron chi connectivity index (χ3n) is 2.03. The maximum atomic E-state index is 11.1. The number of rotatable bonds is 1. The van der Waals surface area contributed by atoms with Gasteiger partial charge >= 0.3 is 0 Å². The van der Waals surface area contributed by atoms with Crippen LogP contribution in [0.4, 0.5) is 0 Å². The smallest absolute Gasteiger partial charge is 0.294 e. The Kier molecular flexibility index (Phi) is 1.40. The van der Waals surface area contributed by atoms with Gasteiger partial charge in [0.2, 0.25) is 0 Å². The van der Waals surface area contributed by atoms with Gasteiger partial charge in [-0.15, -0.1) is 0 Å². The van der Waals surface area contributed by atoms with E-state index in [2.05, 4.69) is 23.8 Å². The molecule has 1 amide bonds. The van der Waals surface area contributed by atoms with Gasteiger partial charge in [0, 0.05) is 17.5 Å². The fourth-order valence-corrected chi connectivity index (χ4v) is 1.27. The topological polar surface area (TPSA) is 45.2 Å². The summed E-state index contributed by atoms with van der Waals surface area (Å²) >= 11 is 0. The number of hydrogen-bond acceptors (Lipinski definition) is 1. The second-order valence-corrected chi connectivity index (χ2v) is 3.27. The van der Waals surface area contributed by atoms with Crippen molar-refractivity contribution in [1.29, 1.82) is 0 Å². The number of hydrogen-bond donors (Lipinski definition) is 1. The van der Waals surface area contributed by atoms with E-state index in [9.17, 15) is 4.79 Å². The molecule has 12 heavy (non-hydrogen) atoms. The molecule has 0 aromatic carbocycles. The van der Waals surface area contributed by atoms with Crippen LogP contribution in [0.3, 0.4) is 0 Å². The second-order valence-electron chi connectivity index (χ2n) is 3.27. The molecule has 0 saturated heterocycles. The lowest BCUT2D eigenvalue weighted by Gasteiger charge is -1.98. The molecule has 3 heteroatoms. The summed E-state index contributed by atoms with van der Waals surface area (Å²) in [6.45, 7) is 4.17. The van der Waals surface area contributed by atoms with Crippen molar-refractivity contribution in [1.82, 2.24) is 4.98 Å². The number of carbonyl (C=O) groups is 1. The maximum Gasteiger partial charge on any atom is 0.294 e. The fraction of sp³-hybridized carbons (Fsp3) is 0.333. The number of fused-ring (bicyclic) bond motifs is 1. The van der Waals surface area contributed by atoms with Gasteiger partial charge in [-0.2, -0.15) is 0 Å². The van der Waals surface area contributed by atoms with Crippen molar-refractivity contribution in [3.8, 4) is 0 Å². The van der Waals surface area contributed by atoms with Crippen LogP contribution in [0.1, 0.15) is 41.5 Å². The van der Waals surface area contributed by atoms with Gasteiger partial charge in [-0.05, 0) is 12.0 Å². The molecule has 0 spiro atoms. The molecule has 1 aromatic rings. The summed E-state index contributed by atoms with van der Waals surface area (Å²) in [7, 11) is 0. The number of H-pyrrole nitrogens is 1. The van der Waals surface area contributed by atoms with Crippen molar-refractivity contribution in [2.24, 2.45) is 4.99 Å². The average Bonchev–Trinajstić information content (AvgIpc) is 2.53. The molecule has 2 heterocycles. The van der Waals surface area contributed by atoms with Crippen molar-refractivity contribution in [3.05, 3.63) is 23.0 Å². The molecule has 1 N–H and O–H groups in total. The van der Waals surface area contributed by atoms with Crippen LogP contribution < -0.4 is 0 Å². The molecular formula is C9H10N2O. The minimum Gasteiger partial charge on any atom is -0.354 e. The number of amides is 1. The molecule has 0 atom stereocenters. The van der Waals surface area contributed by atoms with E-state index in [0.717, 1.165) is 11.3 Å². The molecule has 2 rings (SSSR count). The van der Waals surface area contributed by atoms with Crippen molar-refractivity contribution in [3.63, 3.8) is 0 Å². The van der Waals surface area contributed by atoms with Crippen LogP contribution in [0.15, 0.2) is 11.1 Å². The summed E-state index contributed by atoms with van der Waals surface area (Å²) in [5.74, 6) is 0.272. The normalized spacial score (nSPS) is 14.4. The van der Waals surface area contributed by atoms with Crippen LogP contribution in [-0.4, -0.2) is 17.1 Å². The molecular weight excluding hydrogens is 152 g/mol. The highest BCUT2D eigenvalue weighted by Gasteiger charge is 2.19. The highest BCUT2D eigenvalue weighted by molar-refractivity contribution is 6.11. The zero-order valence-corrected chi connectivity index (χ0v) is 7.09. The van der Waals surface area contributed by atoms with E-state index in [1.807, 2.05) is 6.07 Å². The first-order valence-corrected chi connectivity index (χ1v) is 4.00. The van der Waals surface area contributed by atoms with Crippen LogP contribution in [0.5, 0.6) is 0 Å². The molecule has 3 nitrogen and oxygen atoms in total. The minimum absolute atomic E-state index is 0.156. The van der Waals surface area contributed by atoms with E-state index < -0.39 is 0 Å². The number of nitrogens with one attached hydrogen (secondary N) is 1. The van der Waals surface area contributed by atoms with E-state index in [1.165, 1.54) is 0 Å². The molecule has 0 bridgehead atoms. The molecule has 0 radical (unpaired) electrons. The van der Waals surface area contributed by atoms with Crippen LogP contribution >= 0.6 is 0 Å². The van der Waals surface area contributed by atoms with E-state index in [4.69, 9.17) is 0 Å². The zero-order chi connectivity index (χ0) is 8.72. The maximum absolute atomic E-state index is 11.1. The first kappa shape index (κ1) is 7.28. The number of nitrogens with zero attached hydrogens (tertiary/aromatic N) is 1. The number of carbonyl (C=O) groups excluding carboxylic acids is 1. The van der Waals surface area contributed by atoms with Crippen LogP contribution in [0.2, 0.25) is 0 Å². The number of aromatic nitrogens is 1. The lowest BCUT2D eigenvalue weighted by Crippen LogP contribution is -1.93. The molecule has 0 aliphatic carbocycles. The Balaban J connectivity index is 2.49. The summed E-state index contributed by atoms with van der Waals surface area (Å²) < 4.78 is 0. The SMILES string of the molecule is CC(C)c1cc2c([nH]1)C(=O)N=C2. The summed E-state index contributed by atoms with van der Waals surface area (Å²) in [6, 6.07) is 1.98. The molecule has 0 fully saturated rings. The Bertz CT molecular complexity index is 361. The van der Waals surface area contributed by atoms with Gasteiger partial charge in [0.25, 0.3) is 5.91 Å². The minimum atomic E-state index is -0.156. The zero-order valence-electron chi connectivity index (χ0n) is 7.09. The van der Waals surface area contributed by atoms with Gasteiger partial charge in [0.1, 0.15) is 5.69 Å². The van der Waals surface area contributed by atoms with Crippen LogP contribution in [-0.2, 0) is 0 Å². The summed E-state index contributed by atoms with van der Waals surface area (Å²) in [5, 5.41) is 0. The standard InChI is InChI=1S/C9H10N2O/c1-5(2)7-3-6-4-10-9(12)8(6)11-7/h3-5,11H,1-2H3. The van der Waals surface area contributed by atoms with Gasteiger partial charge < -0.3 is 4.98 Å². The van der Waals surface area contributed by atoms with Gasteiger partial charge in [-0.3, -0.25) is 4.79 Å². The van der Waals surface area contributed by atoms with Crippen molar-refractivity contribution in [2.75, 3.05) is 0 Å². The van der Waals surface area contributed by atoms with E-state index in [-0.39, 0.29) is 5.91 Å². The lowest BCUT2D eigenvalue weighted by molar-refractivity contribution is 0.100. The summed E-state index contributed by atoms with van der Waals surface area (Å²) in [4.78, 5) is 17.8. The quantitative estimate of drug-likeness (QED) is 0.671. The number of aromatic amines is 1. The Morgan fingerprint density at radius 3 is 2.83 bits per heavy atom. The van der Waals surface area contributed by atoms with Crippen LogP contribution in [0.25, 0.3) is 0 Å². The molecule has 0 saturated carbocycles. The first-order chi connectivity index (χ1) is 5.68. The highest BCUT2D eigenvalue weighted by Crippen LogP contribution is 2.20. The summed E-state index contributed by atoms with van der Waals surface area (Å²) in [6.07, 6.45) is 1.61. The Morgan fingerprint density at radius 1 is 1.50 bits per heavy atom. The second kappa shape index (κ2) is 2.30. The Hall–Kier alpha value is -1.38. The Labute approximate surface area is 70.5 Å². The van der Waals surface area contributed by atoms with E-state index >= 15 is 0 Å². The average molecular weight is 162 g/mol. The number of aliphatic imine (C=N–C) groups is 1. The fourth-order valence-electron chi connectivity index (χ4n) is 1.27. The molecule has 1 aliphatic rings. The van der Waals surface area contributed by atoms with Crippen molar-refractivity contribution < 1.29 is 4.79 Å². The van der Waals surface area contributed by atoms with Gasteiger partial charge in [-0.1, -0.05) is 13.8 Å². The molecule has 1 aliphatic heterocycles. The van der Waals surface area contributed by atoms with Crippen LogP contribution in [0, 0.1) is 0 Å². The largest absolute Gasteiger partial charge is 0.354 e. The predicted octanol–water partition coefficient (Wildman–Crippen LogP) is 1.71. The lowest BCUT2D eigenvalue weighted by atomic mass is 10.1. The van der Waals surface area contributed by atoms with E-state index in [1.54, 1.807) is 6.21 Å². The molecule has 0 unspecified atom stereocenters. The monoisotopic (exact) mass is 162 g/mol. The summed E-state index contributed by atoms with van der Waals surface area (Å²) in [5.41, 5.74) is 2.65. The van der Waals surface area contributed by atoms with Crippen molar-refractivity contribution >= 4 is 12.1 Å². The van der Waals surface area contributed by atoms with Crippen molar-refractivity contribution in [2.45, 2.75) is 19.8 Å². The van der Waals surface area contributed by atoms with Gasteiger partial charge in [-0.25, -0.2) is 4.99 Å². The molecule has 1 aromatic heterocycles. The third kappa shape index (κ3) is 0.897. The first-order valence-electron chi connectivity index (χ1n) is 4.00. The predicted molar refractivity (Wildman–Crippen MR) is 46.8 cm³/mol. The third-order valence-corrected chi connectivity index (χ3v) is 2.03. The van der Waals surface area contributed by atoms with Gasteiger partial charge in [0.05, 0.1) is 0 Å². The van der Waals surface area contributed by atoms with Gasteiger partial charge in [0.15, 0.2) is 0 Å². The van der Waals surface area contributed by atoms with E-state index in [0.29, 0.717) is 11.6 Å².